The third-order valence-corrected chi connectivity index (χ3v) is 5.88. The van der Waals surface area contributed by atoms with Crippen molar-refractivity contribution < 1.29 is 14.3 Å². The van der Waals surface area contributed by atoms with E-state index >= 15 is 0 Å². The maximum Gasteiger partial charge on any atom is 0.337 e. The highest BCUT2D eigenvalue weighted by Gasteiger charge is 2.20. The zero-order chi connectivity index (χ0) is 21.3. The number of carbonyl (C=O) groups is 2. The smallest absolute Gasteiger partial charge is 0.337 e. The van der Waals surface area contributed by atoms with Crippen molar-refractivity contribution >= 4 is 23.5 Å². The van der Waals surface area contributed by atoms with Gasteiger partial charge in [-0.3, -0.25) is 9.69 Å². The number of carbonyl (C=O) groups excluding carboxylic acids is 2. The Morgan fingerprint density at radius 2 is 1.83 bits per heavy atom. The summed E-state index contributed by atoms with van der Waals surface area (Å²) in [5.41, 5.74) is 2.79. The standard InChI is InChI=1S/C24H29ClN2O3/c1-30-24(29)21-8-5-19(6-9-21)17-27-13-11-18(12-14-27)7-10-23(28)26-16-20-3-2-4-22(25)15-20/h2-6,8-9,15,18H,7,10-14,16-17H2,1H3,(H,26,28). The molecule has 2 aromatic carbocycles. The molecule has 1 aliphatic rings. The summed E-state index contributed by atoms with van der Waals surface area (Å²) in [7, 11) is 1.39. The molecule has 1 saturated heterocycles. The van der Waals surface area contributed by atoms with Gasteiger partial charge in [0.25, 0.3) is 0 Å². The quantitative estimate of drug-likeness (QED) is 0.631. The van der Waals surface area contributed by atoms with E-state index in [0.717, 1.165) is 44.5 Å². The Balaban J connectivity index is 1.34. The third-order valence-electron chi connectivity index (χ3n) is 5.65. The Hall–Kier alpha value is -2.37. The molecule has 0 saturated carbocycles. The summed E-state index contributed by atoms with van der Waals surface area (Å²) in [6.07, 6.45) is 3.73. The average Bonchev–Trinajstić information content (AvgIpc) is 2.77. The monoisotopic (exact) mass is 428 g/mol. The van der Waals surface area contributed by atoms with Crippen molar-refractivity contribution in [1.82, 2.24) is 10.2 Å². The Labute approximate surface area is 183 Å². The molecular formula is C24H29ClN2O3. The van der Waals surface area contributed by atoms with E-state index in [-0.39, 0.29) is 11.9 Å². The van der Waals surface area contributed by atoms with Gasteiger partial charge in [-0.05, 0) is 73.7 Å². The number of esters is 1. The van der Waals surface area contributed by atoms with Gasteiger partial charge in [0, 0.05) is 24.5 Å². The van der Waals surface area contributed by atoms with Gasteiger partial charge >= 0.3 is 5.97 Å². The molecule has 1 amide bonds. The number of halogens is 1. The number of hydrogen-bond acceptors (Lipinski definition) is 4. The summed E-state index contributed by atoms with van der Waals surface area (Å²) in [6.45, 7) is 3.47. The lowest BCUT2D eigenvalue weighted by Gasteiger charge is -2.32. The van der Waals surface area contributed by atoms with E-state index in [0.29, 0.717) is 29.5 Å². The zero-order valence-corrected chi connectivity index (χ0v) is 18.2. The van der Waals surface area contributed by atoms with Gasteiger partial charge in [-0.15, -0.1) is 0 Å². The first kappa shape index (κ1) is 22.3. The first-order valence-corrected chi connectivity index (χ1v) is 10.8. The Kier molecular flexibility index (Phi) is 8.29. The molecule has 0 radical (unpaired) electrons. The molecule has 0 aromatic heterocycles. The SMILES string of the molecule is COC(=O)c1ccc(CN2CCC(CCC(=O)NCc3cccc(Cl)c3)CC2)cc1. The third kappa shape index (κ3) is 6.85. The number of ether oxygens (including phenoxy) is 1. The molecule has 1 fully saturated rings. The van der Waals surface area contributed by atoms with E-state index in [1.807, 2.05) is 48.5 Å². The molecule has 3 rings (SSSR count). The Bertz CT molecular complexity index is 846. The minimum absolute atomic E-state index is 0.100. The number of rotatable bonds is 8. The number of piperidine rings is 1. The fourth-order valence-corrected chi connectivity index (χ4v) is 4.04. The van der Waals surface area contributed by atoms with E-state index in [1.165, 1.54) is 12.7 Å². The van der Waals surface area contributed by atoms with E-state index < -0.39 is 0 Å². The fourth-order valence-electron chi connectivity index (χ4n) is 3.83. The lowest BCUT2D eigenvalue weighted by molar-refractivity contribution is -0.121. The van der Waals surface area contributed by atoms with E-state index in [9.17, 15) is 9.59 Å². The number of amides is 1. The van der Waals surface area contributed by atoms with Gasteiger partial charge in [0.2, 0.25) is 5.91 Å². The number of benzene rings is 2. The van der Waals surface area contributed by atoms with E-state index in [4.69, 9.17) is 16.3 Å². The molecule has 1 aliphatic heterocycles. The lowest BCUT2D eigenvalue weighted by atomic mass is 9.92. The van der Waals surface area contributed by atoms with Crippen molar-refractivity contribution in [3.63, 3.8) is 0 Å². The minimum atomic E-state index is -0.307. The molecule has 160 valence electrons. The van der Waals surface area contributed by atoms with Crippen LogP contribution in [0.4, 0.5) is 0 Å². The van der Waals surface area contributed by atoms with Crippen molar-refractivity contribution in [3.8, 4) is 0 Å². The van der Waals surface area contributed by atoms with Crippen LogP contribution in [0.15, 0.2) is 48.5 Å². The van der Waals surface area contributed by atoms with Crippen LogP contribution in [-0.4, -0.2) is 37.0 Å². The highest BCUT2D eigenvalue weighted by molar-refractivity contribution is 6.30. The van der Waals surface area contributed by atoms with E-state index in [1.54, 1.807) is 0 Å². The number of hydrogen-bond donors (Lipinski definition) is 1. The van der Waals surface area contributed by atoms with Crippen LogP contribution in [0.3, 0.4) is 0 Å². The normalized spacial score (nSPS) is 15.0. The van der Waals surface area contributed by atoms with Crippen LogP contribution in [-0.2, 0) is 22.6 Å². The van der Waals surface area contributed by atoms with Gasteiger partial charge < -0.3 is 10.1 Å². The summed E-state index contributed by atoms with van der Waals surface area (Å²) in [5, 5.41) is 3.67. The predicted octanol–water partition coefficient (Wildman–Crippen LogP) is 4.44. The van der Waals surface area contributed by atoms with Gasteiger partial charge in [0.05, 0.1) is 12.7 Å². The van der Waals surface area contributed by atoms with Gasteiger partial charge in [-0.25, -0.2) is 4.79 Å². The molecule has 0 unspecified atom stereocenters. The zero-order valence-electron chi connectivity index (χ0n) is 17.4. The first-order chi connectivity index (χ1) is 14.5. The molecule has 5 nitrogen and oxygen atoms in total. The summed E-state index contributed by atoms with van der Waals surface area (Å²) >= 11 is 5.98. The number of nitrogens with one attached hydrogen (secondary N) is 1. The van der Waals surface area contributed by atoms with Gasteiger partial charge in [-0.1, -0.05) is 35.9 Å². The second kappa shape index (κ2) is 11.1. The molecule has 0 aliphatic carbocycles. The molecule has 1 heterocycles. The molecule has 30 heavy (non-hydrogen) atoms. The lowest BCUT2D eigenvalue weighted by Crippen LogP contribution is -2.33. The highest BCUT2D eigenvalue weighted by Crippen LogP contribution is 2.23. The van der Waals surface area contributed by atoms with Crippen LogP contribution in [0.2, 0.25) is 5.02 Å². The Morgan fingerprint density at radius 1 is 1.10 bits per heavy atom. The number of nitrogens with zero attached hydrogens (tertiary/aromatic N) is 1. The van der Waals surface area contributed by atoms with Crippen LogP contribution in [0, 0.1) is 5.92 Å². The molecule has 6 heteroatoms. The molecule has 0 bridgehead atoms. The summed E-state index contributed by atoms with van der Waals surface area (Å²) in [4.78, 5) is 26.1. The van der Waals surface area contributed by atoms with Crippen molar-refractivity contribution in [2.75, 3.05) is 20.2 Å². The molecule has 0 spiro atoms. The second-order valence-corrected chi connectivity index (χ2v) is 8.29. The van der Waals surface area contributed by atoms with Crippen LogP contribution in [0.25, 0.3) is 0 Å². The van der Waals surface area contributed by atoms with E-state index in [2.05, 4.69) is 10.2 Å². The molecule has 1 N–H and O–H groups in total. The maximum absolute atomic E-state index is 12.2. The highest BCUT2D eigenvalue weighted by atomic mass is 35.5. The predicted molar refractivity (Wildman–Crippen MR) is 118 cm³/mol. The largest absolute Gasteiger partial charge is 0.465 e. The summed E-state index contributed by atoms with van der Waals surface area (Å²) in [6, 6.07) is 15.2. The van der Waals surface area contributed by atoms with Crippen LogP contribution >= 0.6 is 11.6 Å². The minimum Gasteiger partial charge on any atom is -0.465 e. The number of methoxy groups -OCH3 is 1. The average molecular weight is 429 g/mol. The molecular weight excluding hydrogens is 400 g/mol. The van der Waals surface area contributed by atoms with Gasteiger partial charge in [-0.2, -0.15) is 0 Å². The summed E-state index contributed by atoms with van der Waals surface area (Å²) in [5.74, 6) is 0.391. The second-order valence-electron chi connectivity index (χ2n) is 7.85. The van der Waals surface area contributed by atoms with Crippen LogP contribution in [0.1, 0.15) is 47.2 Å². The maximum atomic E-state index is 12.2. The topological polar surface area (TPSA) is 58.6 Å². The van der Waals surface area contributed by atoms with Crippen molar-refractivity contribution in [1.29, 1.82) is 0 Å². The van der Waals surface area contributed by atoms with Crippen LogP contribution in [0.5, 0.6) is 0 Å². The Morgan fingerprint density at radius 3 is 2.50 bits per heavy atom. The van der Waals surface area contributed by atoms with Gasteiger partial charge in [0.15, 0.2) is 0 Å². The van der Waals surface area contributed by atoms with Crippen molar-refractivity contribution in [2.24, 2.45) is 5.92 Å². The number of likely N-dealkylation sites (tertiary alicyclic amines) is 1. The molecule has 0 atom stereocenters. The first-order valence-electron chi connectivity index (χ1n) is 10.4. The molecule has 2 aromatic rings. The van der Waals surface area contributed by atoms with Crippen molar-refractivity contribution in [3.05, 3.63) is 70.2 Å². The summed E-state index contributed by atoms with van der Waals surface area (Å²) < 4.78 is 4.74. The fraction of sp³-hybridized carbons (Fsp3) is 0.417. The van der Waals surface area contributed by atoms with Gasteiger partial charge in [0.1, 0.15) is 0 Å². The van der Waals surface area contributed by atoms with Crippen LogP contribution < -0.4 is 5.32 Å². The van der Waals surface area contributed by atoms with Crippen molar-refractivity contribution in [2.45, 2.75) is 38.8 Å².